The van der Waals surface area contributed by atoms with E-state index in [1.807, 2.05) is 13.1 Å². The van der Waals surface area contributed by atoms with Crippen molar-refractivity contribution >= 4 is 38.6 Å². The number of benzene rings is 1. The van der Waals surface area contributed by atoms with Crippen molar-refractivity contribution < 1.29 is 0 Å². The Balaban J connectivity index is 2.93. The Morgan fingerprint density at radius 3 is 3.00 bits per heavy atom. The zero-order chi connectivity index (χ0) is 8.72. The number of aryl methyl sites for hydroxylation is 1. The molecule has 0 N–H and O–H groups in total. The summed E-state index contributed by atoms with van der Waals surface area (Å²) < 4.78 is 2.62. The van der Waals surface area contributed by atoms with E-state index in [1.54, 1.807) is 10.7 Å². The lowest BCUT2D eigenvalue weighted by molar-refractivity contribution is 0.735. The Hall–Kier alpha value is -0.610. The van der Waals surface area contributed by atoms with Gasteiger partial charge in [-0.2, -0.15) is 0 Å². The molecule has 0 aliphatic heterocycles. The van der Waals surface area contributed by atoms with Crippen molar-refractivity contribution in [3.05, 3.63) is 21.6 Å². The number of hydrogen-bond donors (Lipinski definition) is 0. The predicted octanol–water partition coefficient (Wildman–Crippen LogP) is 2.38. The van der Waals surface area contributed by atoms with Gasteiger partial charge in [0.05, 0.1) is 0 Å². The molecular formula is C7H5BrClN3. The Morgan fingerprint density at radius 2 is 2.25 bits per heavy atom. The fourth-order valence-corrected chi connectivity index (χ4v) is 2.16. The minimum atomic E-state index is 0.662. The number of halogens is 2. The average Bonchev–Trinajstić information content (AvgIpc) is 2.31. The van der Waals surface area contributed by atoms with Crippen LogP contribution in [0.2, 0.25) is 5.02 Å². The highest BCUT2D eigenvalue weighted by Gasteiger charge is 2.06. The summed E-state index contributed by atoms with van der Waals surface area (Å²) >= 11 is 9.22. The lowest BCUT2D eigenvalue weighted by Gasteiger charge is -1.96. The van der Waals surface area contributed by atoms with Crippen molar-refractivity contribution in [1.82, 2.24) is 15.0 Å². The van der Waals surface area contributed by atoms with Gasteiger partial charge < -0.3 is 0 Å². The number of fused-ring (bicyclic) bond motifs is 1. The second-order valence-corrected chi connectivity index (χ2v) is 3.76. The molecule has 12 heavy (non-hydrogen) atoms. The topological polar surface area (TPSA) is 30.7 Å². The van der Waals surface area contributed by atoms with Crippen molar-refractivity contribution in [2.45, 2.75) is 0 Å². The van der Waals surface area contributed by atoms with E-state index in [9.17, 15) is 0 Å². The van der Waals surface area contributed by atoms with Crippen molar-refractivity contribution in [3.63, 3.8) is 0 Å². The van der Waals surface area contributed by atoms with Crippen LogP contribution < -0.4 is 0 Å². The van der Waals surface area contributed by atoms with Crippen LogP contribution in [-0.2, 0) is 7.05 Å². The van der Waals surface area contributed by atoms with E-state index < -0.39 is 0 Å². The molecule has 0 amide bonds. The monoisotopic (exact) mass is 245 g/mol. The standard InChI is InChI=1S/C7H5BrClN3/c1-12-7-5(8)2-4(9)3-6(7)10-11-12/h2-3H,1H3. The van der Waals surface area contributed by atoms with Crippen LogP contribution in [0.1, 0.15) is 0 Å². The normalized spacial score (nSPS) is 10.9. The molecule has 0 atom stereocenters. The van der Waals surface area contributed by atoms with Crippen LogP contribution in [-0.4, -0.2) is 15.0 Å². The van der Waals surface area contributed by atoms with Gasteiger partial charge >= 0.3 is 0 Å². The van der Waals surface area contributed by atoms with Crippen LogP contribution in [0.4, 0.5) is 0 Å². The first-order valence-corrected chi connectivity index (χ1v) is 4.50. The molecule has 0 saturated heterocycles. The van der Waals surface area contributed by atoms with Crippen LogP contribution in [0.5, 0.6) is 0 Å². The SMILES string of the molecule is Cn1nnc2cc(Cl)cc(Br)c21. The maximum absolute atomic E-state index is 5.83. The molecule has 0 bridgehead atoms. The largest absolute Gasteiger partial charge is 0.247 e. The lowest BCUT2D eigenvalue weighted by atomic mass is 10.3. The van der Waals surface area contributed by atoms with Gasteiger partial charge in [-0.25, -0.2) is 4.68 Å². The summed E-state index contributed by atoms with van der Waals surface area (Å²) in [4.78, 5) is 0. The minimum Gasteiger partial charge on any atom is -0.247 e. The van der Waals surface area contributed by atoms with E-state index in [4.69, 9.17) is 11.6 Å². The van der Waals surface area contributed by atoms with Crippen molar-refractivity contribution in [2.24, 2.45) is 7.05 Å². The molecule has 0 fully saturated rings. The Labute approximate surface area is 82.4 Å². The predicted molar refractivity (Wildman–Crippen MR) is 51.2 cm³/mol. The molecule has 0 aliphatic carbocycles. The summed E-state index contributed by atoms with van der Waals surface area (Å²) in [7, 11) is 1.84. The summed E-state index contributed by atoms with van der Waals surface area (Å²) in [6, 6.07) is 3.61. The first-order valence-electron chi connectivity index (χ1n) is 3.33. The molecule has 0 aliphatic rings. The first-order chi connectivity index (χ1) is 5.68. The molecule has 0 unspecified atom stereocenters. The molecule has 0 spiro atoms. The smallest absolute Gasteiger partial charge is 0.115 e. The van der Waals surface area contributed by atoms with Gasteiger partial charge in [-0.1, -0.05) is 16.8 Å². The van der Waals surface area contributed by atoms with Gasteiger partial charge in [0, 0.05) is 16.5 Å². The third-order valence-electron chi connectivity index (χ3n) is 1.62. The summed E-state index contributed by atoms with van der Waals surface area (Å²) in [5, 5.41) is 8.48. The summed E-state index contributed by atoms with van der Waals surface area (Å²) in [5.41, 5.74) is 1.76. The zero-order valence-electron chi connectivity index (χ0n) is 6.25. The fourth-order valence-electron chi connectivity index (χ4n) is 1.11. The van der Waals surface area contributed by atoms with Crippen molar-refractivity contribution in [3.8, 4) is 0 Å². The van der Waals surface area contributed by atoms with Crippen LogP contribution in [0.25, 0.3) is 11.0 Å². The third-order valence-corrected chi connectivity index (χ3v) is 2.44. The fraction of sp³-hybridized carbons (Fsp3) is 0.143. The second kappa shape index (κ2) is 2.71. The molecule has 1 heterocycles. The van der Waals surface area contributed by atoms with Crippen LogP contribution in [0.3, 0.4) is 0 Å². The maximum atomic E-state index is 5.83. The Kier molecular flexibility index (Phi) is 1.81. The van der Waals surface area contributed by atoms with E-state index in [0.717, 1.165) is 15.5 Å². The first kappa shape index (κ1) is 8.01. The van der Waals surface area contributed by atoms with Crippen LogP contribution in [0.15, 0.2) is 16.6 Å². The van der Waals surface area contributed by atoms with E-state index in [0.29, 0.717) is 5.02 Å². The number of aromatic nitrogens is 3. The molecule has 1 aromatic carbocycles. The number of hydrogen-bond acceptors (Lipinski definition) is 2. The molecule has 3 nitrogen and oxygen atoms in total. The molecule has 5 heteroatoms. The van der Waals surface area contributed by atoms with Gasteiger partial charge in [-0.15, -0.1) is 5.10 Å². The quantitative estimate of drug-likeness (QED) is 0.714. The molecule has 1 aromatic heterocycles. The van der Waals surface area contributed by atoms with E-state index in [2.05, 4.69) is 26.2 Å². The Bertz CT molecular complexity index is 437. The van der Waals surface area contributed by atoms with Gasteiger partial charge in [0.15, 0.2) is 0 Å². The van der Waals surface area contributed by atoms with Gasteiger partial charge in [0.25, 0.3) is 0 Å². The number of nitrogens with zero attached hydrogens (tertiary/aromatic N) is 3. The molecule has 62 valence electrons. The van der Waals surface area contributed by atoms with E-state index >= 15 is 0 Å². The second-order valence-electron chi connectivity index (χ2n) is 2.47. The summed E-state index contributed by atoms with van der Waals surface area (Å²) in [5.74, 6) is 0. The average molecular weight is 246 g/mol. The van der Waals surface area contributed by atoms with Gasteiger partial charge in [0.2, 0.25) is 0 Å². The highest BCUT2D eigenvalue weighted by atomic mass is 79.9. The molecule has 2 rings (SSSR count). The third kappa shape index (κ3) is 1.11. The van der Waals surface area contributed by atoms with Gasteiger partial charge in [0.1, 0.15) is 11.0 Å². The molecular weight excluding hydrogens is 241 g/mol. The molecule has 0 radical (unpaired) electrons. The van der Waals surface area contributed by atoms with Crippen molar-refractivity contribution in [2.75, 3.05) is 0 Å². The van der Waals surface area contributed by atoms with E-state index in [-0.39, 0.29) is 0 Å². The highest BCUT2D eigenvalue weighted by molar-refractivity contribution is 9.10. The summed E-state index contributed by atoms with van der Waals surface area (Å²) in [6.07, 6.45) is 0. The van der Waals surface area contributed by atoms with Gasteiger partial charge in [-0.05, 0) is 28.1 Å². The Morgan fingerprint density at radius 1 is 1.50 bits per heavy atom. The van der Waals surface area contributed by atoms with Crippen molar-refractivity contribution in [1.29, 1.82) is 0 Å². The minimum absolute atomic E-state index is 0.662. The number of rotatable bonds is 0. The van der Waals surface area contributed by atoms with E-state index in [1.165, 1.54) is 0 Å². The lowest BCUT2D eigenvalue weighted by Crippen LogP contribution is -1.89. The highest BCUT2D eigenvalue weighted by Crippen LogP contribution is 2.25. The zero-order valence-corrected chi connectivity index (χ0v) is 8.59. The summed E-state index contributed by atoms with van der Waals surface area (Å²) in [6.45, 7) is 0. The molecule has 0 saturated carbocycles. The van der Waals surface area contributed by atoms with Crippen LogP contribution >= 0.6 is 27.5 Å². The van der Waals surface area contributed by atoms with Gasteiger partial charge in [-0.3, -0.25) is 0 Å². The maximum Gasteiger partial charge on any atom is 0.115 e. The van der Waals surface area contributed by atoms with Crippen LogP contribution in [0, 0.1) is 0 Å². The molecule has 2 aromatic rings.